The number of esters is 1. The monoisotopic (exact) mass is 380 g/mol. The van der Waals surface area contributed by atoms with E-state index in [1.54, 1.807) is 0 Å². The molecule has 0 N–H and O–H groups in total. The summed E-state index contributed by atoms with van der Waals surface area (Å²) in [4.78, 5) is 22.4. The van der Waals surface area contributed by atoms with Crippen LogP contribution >= 0.6 is 0 Å². The van der Waals surface area contributed by atoms with Gasteiger partial charge in [0.2, 0.25) is 0 Å². The van der Waals surface area contributed by atoms with E-state index in [2.05, 4.69) is 0 Å². The molecule has 0 amide bonds. The molecule has 0 aliphatic carbocycles. The number of ether oxygens (including phenoxy) is 2. The summed E-state index contributed by atoms with van der Waals surface area (Å²) in [6, 6.07) is 18.8. The summed E-state index contributed by atoms with van der Waals surface area (Å²) >= 11 is 0. The molecule has 7 nitrogen and oxygen atoms in total. The summed E-state index contributed by atoms with van der Waals surface area (Å²) in [7, 11) is 0. The molecule has 0 unspecified atom stereocenters. The lowest BCUT2D eigenvalue weighted by molar-refractivity contribution is -0.384. The lowest BCUT2D eigenvalue weighted by Crippen LogP contribution is -2.22. The summed E-state index contributed by atoms with van der Waals surface area (Å²) in [5.41, 5.74) is 1.26. The molecule has 1 aromatic heterocycles. The SMILES string of the molecule is O=C(OC[C@H](COCc1ccccc1)n1cccc1)c1ccc([N+](=O)[O-])cc1. The first kappa shape index (κ1) is 19.3. The van der Waals surface area contributed by atoms with Crippen molar-refractivity contribution < 1.29 is 19.2 Å². The van der Waals surface area contributed by atoms with E-state index in [1.165, 1.54) is 24.3 Å². The topological polar surface area (TPSA) is 83.6 Å². The number of nitro groups is 1. The molecule has 0 saturated carbocycles. The number of nitrogens with zero attached hydrogens (tertiary/aromatic N) is 2. The maximum absolute atomic E-state index is 12.3. The minimum atomic E-state index is -0.532. The number of aromatic nitrogens is 1. The van der Waals surface area contributed by atoms with Crippen molar-refractivity contribution in [2.75, 3.05) is 13.2 Å². The van der Waals surface area contributed by atoms with E-state index < -0.39 is 10.9 Å². The molecule has 0 aliphatic heterocycles. The highest BCUT2D eigenvalue weighted by molar-refractivity contribution is 5.89. The predicted octanol–water partition coefficient (Wildman–Crippen LogP) is 4.01. The van der Waals surface area contributed by atoms with Crippen molar-refractivity contribution in [3.8, 4) is 0 Å². The van der Waals surface area contributed by atoms with Gasteiger partial charge in [-0.25, -0.2) is 4.79 Å². The van der Waals surface area contributed by atoms with Gasteiger partial charge in [-0.3, -0.25) is 10.1 Å². The van der Waals surface area contributed by atoms with Gasteiger partial charge >= 0.3 is 5.97 Å². The maximum atomic E-state index is 12.3. The Balaban J connectivity index is 1.57. The molecule has 1 atom stereocenters. The highest BCUT2D eigenvalue weighted by Crippen LogP contribution is 2.15. The minimum absolute atomic E-state index is 0.0731. The second-order valence-corrected chi connectivity index (χ2v) is 6.19. The highest BCUT2D eigenvalue weighted by Gasteiger charge is 2.16. The summed E-state index contributed by atoms with van der Waals surface area (Å²) in [6.07, 6.45) is 3.77. The average Bonchev–Trinajstić information content (AvgIpc) is 3.26. The van der Waals surface area contributed by atoms with Gasteiger partial charge < -0.3 is 14.0 Å². The number of rotatable bonds is 9. The van der Waals surface area contributed by atoms with Gasteiger partial charge in [-0.2, -0.15) is 0 Å². The number of non-ortho nitro benzene ring substituents is 1. The fraction of sp³-hybridized carbons (Fsp3) is 0.190. The molecule has 0 spiro atoms. The quantitative estimate of drug-likeness (QED) is 0.318. The van der Waals surface area contributed by atoms with E-state index >= 15 is 0 Å². The van der Waals surface area contributed by atoms with Gasteiger partial charge in [0, 0.05) is 24.5 Å². The van der Waals surface area contributed by atoms with Crippen molar-refractivity contribution in [1.29, 1.82) is 0 Å². The number of hydrogen-bond donors (Lipinski definition) is 0. The molecule has 7 heteroatoms. The molecular weight excluding hydrogens is 360 g/mol. The molecule has 0 bridgehead atoms. The van der Waals surface area contributed by atoms with E-state index in [0.29, 0.717) is 13.2 Å². The summed E-state index contributed by atoms with van der Waals surface area (Å²) in [5.74, 6) is -0.532. The van der Waals surface area contributed by atoms with E-state index in [-0.39, 0.29) is 23.9 Å². The van der Waals surface area contributed by atoms with Crippen LogP contribution in [-0.4, -0.2) is 28.7 Å². The van der Waals surface area contributed by atoms with Crippen molar-refractivity contribution in [2.45, 2.75) is 12.6 Å². The largest absolute Gasteiger partial charge is 0.460 e. The van der Waals surface area contributed by atoms with Crippen LogP contribution in [0.2, 0.25) is 0 Å². The second-order valence-electron chi connectivity index (χ2n) is 6.19. The first-order valence-electron chi connectivity index (χ1n) is 8.79. The smallest absolute Gasteiger partial charge is 0.338 e. The molecule has 0 fully saturated rings. The van der Waals surface area contributed by atoms with Gasteiger partial charge in [-0.1, -0.05) is 30.3 Å². The average molecular weight is 380 g/mol. The van der Waals surface area contributed by atoms with Gasteiger partial charge in [0.25, 0.3) is 5.69 Å². The van der Waals surface area contributed by atoms with Crippen LogP contribution in [0.1, 0.15) is 22.0 Å². The molecule has 144 valence electrons. The lowest BCUT2D eigenvalue weighted by atomic mass is 10.2. The van der Waals surface area contributed by atoms with Crippen molar-refractivity contribution in [1.82, 2.24) is 4.57 Å². The number of carbonyl (C=O) groups excluding carboxylic acids is 1. The van der Waals surface area contributed by atoms with Crippen molar-refractivity contribution in [2.24, 2.45) is 0 Å². The molecular formula is C21H20N2O5. The van der Waals surface area contributed by atoms with E-state index in [9.17, 15) is 14.9 Å². The van der Waals surface area contributed by atoms with E-state index in [4.69, 9.17) is 9.47 Å². The fourth-order valence-electron chi connectivity index (χ4n) is 2.67. The Kier molecular flexibility index (Phi) is 6.54. The number of benzene rings is 2. The third-order valence-corrected chi connectivity index (χ3v) is 4.19. The Morgan fingerprint density at radius 2 is 1.64 bits per heavy atom. The third kappa shape index (κ3) is 5.28. The Morgan fingerprint density at radius 1 is 0.964 bits per heavy atom. The third-order valence-electron chi connectivity index (χ3n) is 4.19. The van der Waals surface area contributed by atoms with Gasteiger partial charge in [0.1, 0.15) is 6.61 Å². The van der Waals surface area contributed by atoms with Crippen LogP contribution in [0.3, 0.4) is 0 Å². The molecule has 2 aromatic carbocycles. The maximum Gasteiger partial charge on any atom is 0.338 e. The highest BCUT2D eigenvalue weighted by atomic mass is 16.6. The van der Waals surface area contributed by atoms with Crippen LogP contribution in [0, 0.1) is 10.1 Å². The van der Waals surface area contributed by atoms with Crippen LogP contribution in [0.25, 0.3) is 0 Å². The van der Waals surface area contributed by atoms with Crippen LogP contribution in [-0.2, 0) is 16.1 Å². The number of carbonyl (C=O) groups is 1. The minimum Gasteiger partial charge on any atom is -0.460 e. The van der Waals surface area contributed by atoms with Crippen molar-refractivity contribution in [3.63, 3.8) is 0 Å². The van der Waals surface area contributed by atoms with Gasteiger partial charge in [0.15, 0.2) is 0 Å². The van der Waals surface area contributed by atoms with Gasteiger partial charge in [-0.05, 0) is 29.8 Å². The van der Waals surface area contributed by atoms with Crippen molar-refractivity contribution in [3.05, 3.63) is 100 Å². The zero-order valence-corrected chi connectivity index (χ0v) is 15.1. The fourth-order valence-corrected chi connectivity index (χ4v) is 2.67. The Bertz CT molecular complexity index is 892. The number of hydrogen-bond acceptors (Lipinski definition) is 5. The predicted molar refractivity (Wildman–Crippen MR) is 103 cm³/mol. The van der Waals surface area contributed by atoms with Crippen molar-refractivity contribution >= 4 is 11.7 Å². The van der Waals surface area contributed by atoms with Crippen LogP contribution in [0.5, 0.6) is 0 Å². The molecule has 0 saturated heterocycles. The summed E-state index contributed by atoms with van der Waals surface area (Å²) < 4.78 is 13.1. The normalized spacial score (nSPS) is 11.7. The second kappa shape index (κ2) is 9.48. The molecule has 0 aliphatic rings. The zero-order valence-electron chi connectivity index (χ0n) is 15.1. The lowest BCUT2D eigenvalue weighted by Gasteiger charge is -2.19. The molecule has 1 heterocycles. The van der Waals surface area contributed by atoms with Crippen LogP contribution < -0.4 is 0 Å². The van der Waals surface area contributed by atoms with E-state index in [1.807, 2.05) is 59.4 Å². The summed E-state index contributed by atoms with van der Waals surface area (Å²) in [6.45, 7) is 0.964. The Labute approximate surface area is 162 Å². The first-order chi connectivity index (χ1) is 13.6. The molecule has 3 aromatic rings. The van der Waals surface area contributed by atoms with Gasteiger partial charge in [-0.15, -0.1) is 0 Å². The van der Waals surface area contributed by atoms with Crippen LogP contribution in [0.4, 0.5) is 5.69 Å². The van der Waals surface area contributed by atoms with E-state index in [0.717, 1.165) is 5.56 Å². The number of nitro benzene ring substituents is 1. The first-order valence-corrected chi connectivity index (χ1v) is 8.79. The van der Waals surface area contributed by atoms with Gasteiger partial charge in [0.05, 0.1) is 29.7 Å². The Morgan fingerprint density at radius 3 is 2.29 bits per heavy atom. The summed E-state index contributed by atoms with van der Waals surface area (Å²) in [5, 5.41) is 10.7. The molecule has 3 rings (SSSR count). The Hall–Kier alpha value is -3.45. The molecule has 0 radical (unpaired) electrons. The van der Waals surface area contributed by atoms with Crippen LogP contribution in [0.15, 0.2) is 79.1 Å². The molecule has 28 heavy (non-hydrogen) atoms. The standard InChI is InChI=1S/C21H20N2O5/c24-21(18-8-10-19(11-9-18)23(25)26)28-16-20(22-12-4-5-13-22)15-27-14-17-6-2-1-3-7-17/h1-13,20H,14-16H2/t20-/m0/s1. The zero-order chi connectivity index (χ0) is 19.8.